The highest BCUT2D eigenvalue weighted by Gasteiger charge is 2.30. The van der Waals surface area contributed by atoms with Gasteiger partial charge in [-0.25, -0.2) is 9.59 Å². The second-order valence-corrected chi connectivity index (χ2v) is 11.5. The number of nitrogens with zero attached hydrogens (tertiary/aromatic N) is 4. The molecule has 0 radical (unpaired) electrons. The van der Waals surface area contributed by atoms with E-state index in [4.69, 9.17) is 29.1 Å². The Kier molecular flexibility index (Phi) is 9.29. The first-order valence-corrected chi connectivity index (χ1v) is 14.8. The lowest BCUT2D eigenvalue weighted by atomic mass is 9.92. The number of anilines is 1. The van der Waals surface area contributed by atoms with Crippen molar-refractivity contribution in [2.24, 2.45) is 0 Å². The summed E-state index contributed by atoms with van der Waals surface area (Å²) in [6.07, 6.45) is 2.96. The highest BCUT2D eigenvalue weighted by molar-refractivity contribution is 6.27. The molecule has 1 atom stereocenters. The minimum absolute atomic E-state index is 0.0470. The average Bonchev–Trinajstić information content (AvgIpc) is 3.64. The van der Waals surface area contributed by atoms with E-state index in [0.29, 0.717) is 23.2 Å². The molecule has 2 N–H and O–H groups in total. The predicted octanol–water partition coefficient (Wildman–Crippen LogP) is 5.20. The van der Waals surface area contributed by atoms with Crippen molar-refractivity contribution in [3.05, 3.63) is 82.7 Å². The van der Waals surface area contributed by atoms with Crippen LogP contribution < -0.4 is 9.64 Å². The molecule has 4 aromatic rings. The second-order valence-electron chi connectivity index (χ2n) is 11.5. The summed E-state index contributed by atoms with van der Waals surface area (Å²) in [6.45, 7) is 6.32. The number of fused-ring (bicyclic) bond motifs is 2. The smallest absolute Gasteiger partial charge is 0.414 e. The van der Waals surface area contributed by atoms with Crippen LogP contribution >= 0.6 is 0 Å². The number of hydrogen-bond donors (Lipinski definition) is 2. The maximum atomic E-state index is 13.7. The molecule has 3 heterocycles. The van der Waals surface area contributed by atoms with Crippen molar-refractivity contribution in [2.75, 3.05) is 38.7 Å². The molecule has 11 nitrogen and oxygen atoms in total. The van der Waals surface area contributed by atoms with Gasteiger partial charge in [0, 0.05) is 41.8 Å². The third-order valence-corrected chi connectivity index (χ3v) is 8.02. The third-order valence-electron chi connectivity index (χ3n) is 8.02. The van der Waals surface area contributed by atoms with E-state index in [1.54, 1.807) is 6.92 Å². The number of ether oxygens (including phenoxy) is 1. The van der Waals surface area contributed by atoms with Gasteiger partial charge in [0.15, 0.2) is 0 Å². The fourth-order valence-corrected chi connectivity index (χ4v) is 5.71. The molecule has 0 spiro atoms. The number of aryl methyl sites for hydroxylation is 3. The van der Waals surface area contributed by atoms with Crippen LogP contribution in [0.2, 0.25) is 0 Å². The fraction of sp³-hybridized carbons (Fsp3) is 0.324. The van der Waals surface area contributed by atoms with E-state index in [1.165, 1.54) is 11.1 Å². The van der Waals surface area contributed by atoms with Gasteiger partial charge in [0.05, 0.1) is 6.61 Å². The minimum Gasteiger partial charge on any atom is -0.493 e. The van der Waals surface area contributed by atoms with Crippen LogP contribution in [0.5, 0.6) is 5.75 Å². The van der Waals surface area contributed by atoms with E-state index in [1.807, 2.05) is 35.2 Å². The van der Waals surface area contributed by atoms with Gasteiger partial charge >= 0.3 is 11.9 Å². The first-order valence-electron chi connectivity index (χ1n) is 14.8. The standard InChI is InChI=1S/C32H34N4O3.C2H2O4/c1-20-16-25(31-33-21(2)39-34-31)11-12-27(20)22-7-9-23(10-8-22)32(37)36-14-5-6-24-17-30-28(18-29(24)36)26(19-38-30)13-15-35(3)4;3-1(4)2(5)6/h7-12,16-18,26H,5-6,13-15,19H2,1-4H3;(H,3,4)(H,5,6). The molecule has 0 aliphatic carbocycles. The van der Waals surface area contributed by atoms with Crippen LogP contribution in [0, 0.1) is 13.8 Å². The van der Waals surface area contributed by atoms with Crippen LogP contribution in [0.15, 0.2) is 59.1 Å². The number of hydrogen-bond acceptors (Lipinski definition) is 8. The summed E-state index contributed by atoms with van der Waals surface area (Å²) < 4.78 is 11.2. The van der Waals surface area contributed by atoms with Crippen LogP contribution in [0.25, 0.3) is 22.5 Å². The number of carbonyl (C=O) groups excluding carboxylic acids is 1. The topological polar surface area (TPSA) is 146 Å². The summed E-state index contributed by atoms with van der Waals surface area (Å²) in [6, 6.07) is 18.5. The zero-order valence-corrected chi connectivity index (χ0v) is 25.7. The lowest BCUT2D eigenvalue weighted by Gasteiger charge is -2.30. The lowest BCUT2D eigenvalue weighted by Crippen LogP contribution is -2.35. The van der Waals surface area contributed by atoms with Crippen LogP contribution in [0.4, 0.5) is 5.69 Å². The van der Waals surface area contributed by atoms with Gasteiger partial charge < -0.3 is 29.3 Å². The molecule has 3 aromatic carbocycles. The van der Waals surface area contributed by atoms with Crippen LogP contribution in [0.3, 0.4) is 0 Å². The zero-order valence-electron chi connectivity index (χ0n) is 25.7. The molecule has 1 aromatic heterocycles. The molecule has 2 aliphatic rings. The quantitative estimate of drug-likeness (QED) is 0.279. The Balaban J connectivity index is 0.000000609. The molecular formula is C34H36N4O7. The van der Waals surface area contributed by atoms with Gasteiger partial charge in [-0.15, -0.1) is 0 Å². The minimum atomic E-state index is -1.82. The van der Waals surface area contributed by atoms with Gasteiger partial charge in [-0.1, -0.05) is 29.4 Å². The number of carbonyl (C=O) groups is 3. The average molecular weight is 613 g/mol. The SMILES string of the molecule is Cc1nc(-c2ccc(-c3ccc(C(=O)N4CCCc5cc6c(cc54)C(CCN(C)C)CO6)cc3)c(C)c2)no1.O=C(O)C(=O)O. The first-order chi connectivity index (χ1) is 21.5. The zero-order chi connectivity index (χ0) is 32.2. The Labute approximate surface area is 261 Å². The molecule has 2 aliphatic heterocycles. The summed E-state index contributed by atoms with van der Waals surface area (Å²) in [5.74, 6) is -1.11. The van der Waals surface area contributed by atoms with Crippen molar-refractivity contribution in [3.63, 3.8) is 0 Å². The second kappa shape index (κ2) is 13.3. The van der Waals surface area contributed by atoms with Gasteiger partial charge in [0.2, 0.25) is 11.7 Å². The largest absolute Gasteiger partial charge is 0.493 e. The van der Waals surface area contributed by atoms with E-state index < -0.39 is 11.9 Å². The summed E-state index contributed by atoms with van der Waals surface area (Å²) in [5.41, 5.74) is 8.38. The molecule has 45 heavy (non-hydrogen) atoms. The molecule has 0 saturated carbocycles. The normalized spacial score (nSPS) is 15.0. The first kappa shape index (κ1) is 31.4. The summed E-state index contributed by atoms with van der Waals surface area (Å²) in [4.78, 5) is 40.4. The van der Waals surface area contributed by atoms with E-state index in [0.717, 1.165) is 72.6 Å². The van der Waals surface area contributed by atoms with E-state index in [2.05, 4.69) is 60.3 Å². The molecule has 1 unspecified atom stereocenters. The molecule has 234 valence electrons. The van der Waals surface area contributed by atoms with Crippen molar-refractivity contribution in [2.45, 2.75) is 39.0 Å². The predicted molar refractivity (Wildman–Crippen MR) is 168 cm³/mol. The van der Waals surface area contributed by atoms with Crippen LogP contribution in [-0.4, -0.2) is 76.9 Å². The number of aliphatic carboxylic acids is 2. The number of benzene rings is 3. The number of carboxylic acid groups (broad SMARTS) is 2. The van der Waals surface area contributed by atoms with E-state index >= 15 is 0 Å². The van der Waals surface area contributed by atoms with Gasteiger partial charge in [0.25, 0.3) is 5.91 Å². The molecule has 11 heteroatoms. The maximum Gasteiger partial charge on any atom is 0.414 e. The van der Waals surface area contributed by atoms with Gasteiger partial charge in [0.1, 0.15) is 5.75 Å². The summed E-state index contributed by atoms with van der Waals surface area (Å²) >= 11 is 0. The van der Waals surface area contributed by atoms with Crippen molar-refractivity contribution in [1.82, 2.24) is 15.0 Å². The van der Waals surface area contributed by atoms with Crippen LogP contribution in [-0.2, 0) is 16.0 Å². The number of carboxylic acids is 2. The monoisotopic (exact) mass is 612 g/mol. The van der Waals surface area contributed by atoms with Crippen molar-refractivity contribution in [3.8, 4) is 28.3 Å². The number of rotatable bonds is 6. The Morgan fingerprint density at radius 1 is 0.978 bits per heavy atom. The van der Waals surface area contributed by atoms with Gasteiger partial charge in [-0.05, 0) is 99.4 Å². The van der Waals surface area contributed by atoms with Gasteiger partial charge in [-0.2, -0.15) is 4.98 Å². The summed E-state index contributed by atoms with van der Waals surface area (Å²) in [5, 5.41) is 18.8. The Morgan fingerprint density at radius 2 is 1.69 bits per heavy atom. The summed E-state index contributed by atoms with van der Waals surface area (Å²) in [7, 11) is 4.20. The van der Waals surface area contributed by atoms with E-state index in [-0.39, 0.29) is 5.91 Å². The van der Waals surface area contributed by atoms with Crippen molar-refractivity contribution in [1.29, 1.82) is 0 Å². The molecule has 0 saturated heterocycles. The molecule has 6 rings (SSSR count). The lowest BCUT2D eigenvalue weighted by molar-refractivity contribution is -0.159. The molecule has 1 amide bonds. The third kappa shape index (κ3) is 7.04. The van der Waals surface area contributed by atoms with E-state index in [9.17, 15) is 4.79 Å². The highest BCUT2D eigenvalue weighted by atomic mass is 16.5. The van der Waals surface area contributed by atoms with Crippen molar-refractivity contribution >= 4 is 23.5 Å². The highest BCUT2D eigenvalue weighted by Crippen LogP contribution is 2.42. The Bertz CT molecular complexity index is 1720. The molecular weight excluding hydrogens is 576 g/mol. The number of amides is 1. The molecule has 0 bridgehead atoms. The van der Waals surface area contributed by atoms with Crippen molar-refractivity contribution < 1.29 is 33.9 Å². The maximum absolute atomic E-state index is 13.7. The van der Waals surface area contributed by atoms with Crippen LogP contribution in [0.1, 0.15) is 51.7 Å². The Morgan fingerprint density at radius 3 is 2.31 bits per heavy atom. The van der Waals surface area contributed by atoms with Gasteiger partial charge in [-0.3, -0.25) is 4.79 Å². The fourth-order valence-electron chi connectivity index (χ4n) is 5.71. The number of aromatic nitrogens is 2. The Hall–Kier alpha value is -5.03. The molecule has 0 fully saturated rings.